The quantitative estimate of drug-likeness (QED) is 0.678. The van der Waals surface area contributed by atoms with Gasteiger partial charge in [0.05, 0.1) is 0 Å². The molecule has 170 valence electrons. The van der Waals surface area contributed by atoms with Crippen LogP contribution in [0.3, 0.4) is 0 Å². The molecule has 1 saturated carbocycles. The first-order valence-corrected chi connectivity index (χ1v) is 12.2. The normalized spacial score (nSPS) is 31.0. The van der Waals surface area contributed by atoms with E-state index in [1.54, 1.807) is 0 Å². The third kappa shape index (κ3) is 4.49. The topological polar surface area (TPSA) is 53.1 Å². The minimum absolute atomic E-state index is 0.145. The van der Waals surface area contributed by atoms with Gasteiger partial charge in [0, 0.05) is 50.2 Å². The molecule has 3 aliphatic heterocycles. The zero-order valence-corrected chi connectivity index (χ0v) is 19.5. The fraction of sp³-hybridized carbons (Fsp3) is 0.917. The first-order chi connectivity index (χ1) is 14.2. The molecule has 2 atom stereocenters. The van der Waals surface area contributed by atoms with E-state index >= 15 is 0 Å². The van der Waals surface area contributed by atoms with Crippen LogP contribution in [0.25, 0.3) is 0 Å². The SMILES string of the molecule is CC(C)(C)OC(=O)N1CCC(C)(N2CCC(N3C(=O)C[C@H]4CCCC[C@@H]43)CC2)CC1. The van der Waals surface area contributed by atoms with Crippen molar-refractivity contribution in [1.29, 1.82) is 0 Å². The number of carbonyl (C=O) groups excluding carboxylic acids is 2. The summed E-state index contributed by atoms with van der Waals surface area (Å²) in [5.41, 5.74) is -0.296. The van der Waals surface area contributed by atoms with E-state index in [4.69, 9.17) is 4.74 Å². The molecule has 2 amide bonds. The predicted molar refractivity (Wildman–Crippen MR) is 117 cm³/mol. The van der Waals surface area contributed by atoms with E-state index in [0.29, 0.717) is 23.9 Å². The second-order valence-corrected chi connectivity index (χ2v) is 11.3. The van der Waals surface area contributed by atoms with Gasteiger partial charge in [0.2, 0.25) is 5.91 Å². The van der Waals surface area contributed by atoms with Crippen LogP contribution in [0.2, 0.25) is 0 Å². The molecule has 30 heavy (non-hydrogen) atoms. The Morgan fingerprint density at radius 1 is 1.00 bits per heavy atom. The third-order valence-electron chi connectivity index (χ3n) is 8.06. The van der Waals surface area contributed by atoms with E-state index in [1.165, 1.54) is 25.7 Å². The maximum Gasteiger partial charge on any atom is 0.410 e. The molecule has 0 aromatic rings. The fourth-order valence-electron chi connectivity index (χ4n) is 6.28. The fourth-order valence-corrected chi connectivity index (χ4v) is 6.28. The number of ether oxygens (including phenoxy) is 1. The summed E-state index contributed by atoms with van der Waals surface area (Å²) in [7, 11) is 0. The molecule has 0 bridgehead atoms. The van der Waals surface area contributed by atoms with Gasteiger partial charge in [-0.1, -0.05) is 12.8 Å². The molecule has 6 nitrogen and oxygen atoms in total. The van der Waals surface area contributed by atoms with E-state index in [1.807, 2.05) is 25.7 Å². The molecule has 6 heteroatoms. The van der Waals surface area contributed by atoms with Gasteiger partial charge in [-0.25, -0.2) is 4.79 Å². The van der Waals surface area contributed by atoms with E-state index in [2.05, 4.69) is 16.7 Å². The highest BCUT2D eigenvalue weighted by atomic mass is 16.6. The number of rotatable bonds is 2. The lowest BCUT2D eigenvalue weighted by Gasteiger charge is -2.50. The van der Waals surface area contributed by atoms with E-state index < -0.39 is 5.60 Å². The van der Waals surface area contributed by atoms with Crippen LogP contribution in [0.4, 0.5) is 4.79 Å². The summed E-state index contributed by atoms with van der Waals surface area (Å²) in [6.45, 7) is 11.8. The number of hydrogen-bond acceptors (Lipinski definition) is 4. The largest absolute Gasteiger partial charge is 0.444 e. The monoisotopic (exact) mass is 419 g/mol. The molecule has 4 fully saturated rings. The van der Waals surface area contributed by atoms with Gasteiger partial charge in [-0.3, -0.25) is 9.69 Å². The maximum atomic E-state index is 12.7. The molecule has 0 aromatic heterocycles. The lowest BCUT2D eigenvalue weighted by Crippen LogP contribution is -2.59. The summed E-state index contributed by atoms with van der Waals surface area (Å²) in [6, 6.07) is 0.961. The molecule has 0 N–H and O–H groups in total. The van der Waals surface area contributed by atoms with Crippen molar-refractivity contribution in [3.05, 3.63) is 0 Å². The average Bonchev–Trinajstić information content (AvgIpc) is 3.03. The van der Waals surface area contributed by atoms with Crippen LogP contribution in [0, 0.1) is 5.92 Å². The number of nitrogens with zero attached hydrogens (tertiary/aromatic N) is 3. The summed E-state index contributed by atoms with van der Waals surface area (Å²) in [4.78, 5) is 32.0. The molecule has 3 saturated heterocycles. The first kappa shape index (κ1) is 21.9. The minimum atomic E-state index is -0.440. The van der Waals surface area contributed by atoms with Gasteiger partial charge in [0.15, 0.2) is 0 Å². The van der Waals surface area contributed by atoms with Gasteiger partial charge in [-0.15, -0.1) is 0 Å². The van der Waals surface area contributed by atoms with Crippen molar-refractivity contribution in [2.24, 2.45) is 5.92 Å². The number of fused-ring (bicyclic) bond motifs is 1. The molecular weight excluding hydrogens is 378 g/mol. The Bertz CT molecular complexity index is 643. The number of piperidine rings is 2. The standard InChI is InChI=1S/C24H41N3O3/c1-23(2,3)30-22(29)25-15-11-24(4,12-16-25)26-13-9-19(10-14-26)27-20-8-6-5-7-18(20)17-21(27)28/h18-20H,5-17H2,1-4H3/t18-,20+/m1/s1. The van der Waals surface area contributed by atoms with Gasteiger partial charge in [0.25, 0.3) is 0 Å². The Labute approximate surface area is 182 Å². The summed E-state index contributed by atoms with van der Waals surface area (Å²) < 4.78 is 5.55. The molecule has 1 aliphatic carbocycles. The number of carbonyl (C=O) groups is 2. The highest BCUT2D eigenvalue weighted by molar-refractivity contribution is 5.79. The summed E-state index contributed by atoms with van der Waals surface area (Å²) in [5.74, 6) is 1.04. The molecule has 0 spiro atoms. The lowest BCUT2D eigenvalue weighted by molar-refractivity contribution is -0.132. The van der Waals surface area contributed by atoms with Gasteiger partial charge >= 0.3 is 6.09 Å². The molecule has 0 aromatic carbocycles. The van der Waals surface area contributed by atoms with Crippen LogP contribution < -0.4 is 0 Å². The number of hydrogen-bond donors (Lipinski definition) is 0. The van der Waals surface area contributed by atoms with Gasteiger partial charge in [-0.05, 0) is 72.1 Å². The first-order valence-electron chi connectivity index (χ1n) is 12.2. The van der Waals surface area contributed by atoms with Crippen LogP contribution in [0.15, 0.2) is 0 Å². The van der Waals surface area contributed by atoms with E-state index in [0.717, 1.165) is 58.3 Å². The Morgan fingerprint density at radius 3 is 2.27 bits per heavy atom. The molecule has 0 radical (unpaired) electrons. The van der Waals surface area contributed by atoms with Crippen molar-refractivity contribution in [3.63, 3.8) is 0 Å². The van der Waals surface area contributed by atoms with Crippen molar-refractivity contribution in [3.8, 4) is 0 Å². The molecule has 4 rings (SSSR count). The van der Waals surface area contributed by atoms with Crippen molar-refractivity contribution < 1.29 is 14.3 Å². The van der Waals surface area contributed by atoms with Crippen molar-refractivity contribution in [1.82, 2.24) is 14.7 Å². The second kappa shape index (κ2) is 8.33. The number of amides is 2. The van der Waals surface area contributed by atoms with Crippen LogP contribution in [0.1, 0.15) is 85.5 Å². The maximum absolute atomic E-state index is 12.7. The molecular formula is C24H41N3O3. The average molecular weight is 420 g/mol. The minimum Gasteiger partial charge on any atom is -0.444 e. The lowest BCUT2D eigenvalue weighted by atomic mass is 9.83. The molecule has 0 unspecified atom stereocenters. The molecule has 3 heterocycles. The van der Waals surface area contributed by atoms with Crippen LogP contribution >= 0.6 is 0 Å². The highest BCUT2D eigenvalue weighted by Crippen LogP contribution is 2.40. The zero-order chi connectivity index (χ0) is 21.5. The predicted octanol–water partition coefficient (Wildman–Crippen LogP) is 4.03. The smallest absolute Gasteiger partial charge is 0.410 e. The number of likely N-dealkylation sites (tertiary alicyclic amines) is 3. The van der Waals surface area contributed by atoms with Crippen molar-refractivity contribution >= 4 is 12.0 Å². The Hall–Kier alpha value is -1.30. The van der Waals surface area contributed by atoms with Gasteiger partial charge < -0.3 is 14.5 Å². The van der Waals surface area contributed by atoms with Gasteiger partial charge in [-0.2, -0.15) is 0 Å². The van der Waals surface area contributed by atoms with Crippen LogP contribution in [-0.2, 0) is 9.53 Å². The summed E-state index contributed by atoms with van der Waals surface area (Å²) in [5, 5.41) is 0. The third-order valence-corrected chi connectivity index (χ3v) is 8.06. The summed E-state index contributed by atoms with van der Waals surface area (Å²) >= 11 is 0. The van der Waals surface area contributed by atoms with Crippen LogP contribution in [-0.4, -0.2) is 76.1 Å². The zero-order valence-electron chi connectivity index (χ0n) is 19.5. The van der Waals surface area contributed by atoms with E-state index in [9.17, 15) is 9.59 Å². The highest BCUT2D eigenvalue weighted by Gasteiger charge is 2.46. The Kier molecular flexibility index (Phi) is 6.08. The molecule has 4 aliphatic rings. The Balaban J connectivity index is 1.29. The van der Waals surface area contributed by atoms with Crippen molar-refractivity contribution in [2.45, 2.75) is 109 Å². The van der Waals surface area contributed by atoms with Gasteiger partial charge in [0.1, 0.15) is 5.60 Å². The summed E-state index contributed by atoms with van der Waals surface area (Å²) in [6.07, 6.45) is 9.85. The Morgan fingerprint density at radius 2 is 1.63 bits per heavy atom. The van der Waals surface area contributed by atoms with Crippen LogP contribution in [0.5, 0.6) is 0 Å². The van der Waals surface area contributed by atoms with Crippen molar-refractivity contribution in [2.75, 3.05) is 26.2 Å². The second-order valence-electron chi connectivity index (χ2n) is 11.3. The van der Waals surface area contributed by atoms with E-state index in [-0.39, 0.29) is 11.6 Å².